The van der Waals surface area contributed by atoms with Crippen LogP contribution in [0.1, 0.15) is 24.2 Å². The van der Waals surface area contributed by atoms with Gasteiger partial charge in [-0.2, -0.15) is 5.10 Å². The Kier molecular flexibility index (Phi) is 4.60. The minimum absolute atomic E-state index is 0.126. The number of benzene rings is 1. The number of carbonyl (C=O) groups excluding carboxylic acids is 1. The van der Waals surface area contributed by atoms with E-state index >= 15 is 0 Å². The number of amides is 1. The van der Waals surface area contributed by atoms with Gasteiger partial charge in [0.1, 0.15) is 11.7 Å². The van der Waals surface area contributed by atoms with Gasteiger partial charge in [0.2, 0.25) is 5.91 Å². The van der Waals surface area contributed by atoms with Crippen molar-refractivity contribution in [2.75, 3.05) is 5.32 Å². The summed E-state index contributed by atoms with van der Waals surface area (Å²) >= 11 is 3.33. The van der Waals surface area contributed by atoms with Crippen molar-refractivity contribution in [1.82, 2.24) is 9.78 Å². The molecule has 0 saturated heterocycles. The SMILES string of the molecule is Cc1ccc(NC(=O)C(C)n2ncc(Br)c2C)c([N+](=O)[O-])c1. The van der Waals surface area contributed by atoms with Crippen LogP contribution in [0, 0.1) is 24.0 Å². The monoisotopic (exact) mass is 366 g/mol. The first-order valence-corrected chi connectivity index (χ1v) is 7.36. The number of nitro benzene ring substituents is 1. The molecule has 0 aliphatic heterocycles. The Morgan fingerprint density at radius 1 is 1.45 bits per heavy atom. The number of carbonyl (C=O) groups is 1. The fraction of sp³-hybridized carbons (Fsp3) is 0.286. The van der Waals surface area contributed by atoms with Gasteiger partial charge in [0.15, 0.2) is 0 Å². The number of aromatic nitrogens is 2. The van der Waals surface area contributed by atoms with Crippen molar-refractivity contribution >= 4 is 33.2 Å². The molecule has 0 radical (unpaired) electrons. The Bertz CT molecular complexity index is 742. The quantitative estimate of drug-likeness (QED) is 0.663. The number of nitrogens with one attached hydrogen (secondary N) is 1. The molecule has 0 fully saturated rings. The topological polar surface area (TPSA) is 90.1 Å². The predicted molar refractivity (Wildman–Crippen MR) is 85.8 cm³/mol. The summed E-state index contributed by atoms with van der Waals surface area (Å²) in [5.41, 5.74) is 1.61. The van der Waals surface area contributed by atoms with Crippen molar-refractivity contribution in [1.29, 1.82) is 0 Å². The molecule has 1 amide bonds. The third-order valence-corrected chi connectivity index (χ3v) is 4.12. The fourth-order valence-electron chi connectivity index (χ4n) is 2.04. The van der Waals surface area contributed by atoms with Crippen LogP contribution in [0.25, 0.3) is 0 Å². The van der Waals surface area contributed by atoms with Gasteiger partial charge in [0, 0.05) is 6.07 Å². The fourth-order valence-corrected chi connectivity index (χ4v) is 2.31. The first-order valence-electron chi connectivity index (χ1n) is 6.56. The van der Waals surface area contributed by atoms with E-state index in [1.165, 1.54) is 12.1 Å². The Hall–Kier alpha value is -2.22. The average molecular weight is 367 g/mol. The van der Waals surface area contributed by atoms with Crippen molar-refractivity contribution in [2.24, 2.45) is 0 Å². The molecule has 0 saturated carbocycles. The normalized spacial score (nSPS) is 12.0. The Morgan fingerprint density at radius 2 is 2.14 bits per heavy atom. The third kappa shape index (κ3) is 3.16. The summed E-state index contributed by atoms with van der Waals surface area (Å²) in [7, 11) is 0. The van der Waals surface area contributed by atoms with E-state index in [0.717, 1.165) is 15.7 Å². The van der Waals surface area contributed by atoms with Crippen LogP contribution in [0.2, 0.25) is 0 Å². The second-order valence-electron chi connectivity index (χ2n) is 4.97. The summed E-state index contributed by atoms with van der Waals surface area (Å²) in [5.74, 6) is -0.370. The zero-order valence-corrected chi connectivity index (χ0v) is 13.9. The van der Waals surface area contributed by atoms with Crippen LogP contribution in [0.15, 0.2) is 28.9 Å². The highest BCUT2D eigenvalue weighted by Gasteiger charge is 2.22. The lowest BCUT2D eigenvalue weighted by atomic mass is 10.2. The lowest BCUT2D eigenvalue weighted by Gasteiger charge is -2.14. The van der Waals surface area contributed by atoms with Crippen LogP contribution in [0.5, 0.6) is 0 Å². The number of rotatable bonds is 4. The van der Waals surface area contributed by atoms with Crippen molar-refractivity contribution < 1.29 is 9.72 Å². The first kappa shape index (κ1) is 16.2. The molecule has 2 aromatic rings. The van der Waals surface area contributed by atoms with Crippen LogP contribution >= 0.6 is 15.9 Å². The number of nitrogens with zero attached hydrogens (tertiary/aromatic N) is 3. The van der Waals surface area contributed by atoms with Crippen molar-refractivity contribution in [3.8, 4) is 0 Å². The van der Waals surface area contributed by atoms with Crippen LogP contribution in [-0.4, -0.2) is 20.6 Å². The Morgan fingerprint density at radius 3 is 2.68 bits per heavy atom. The number of hydrogen-bond acceptors (Lipinski definition) is 4. The van der Waals surface area contributed by atoms with Gasteiger partial charge in [-0.05, 0) is 48.3 Å². The van der Waals surface area contributed by atoms with Gasteiger partial charge in [0.25, 0.3) is 5.69 Å². The Balaban J connectivity index is 2.26. The smallest absolute Gasteiger partial charge is 0.293 e. The highest BCUT2D eigenvalue weighted by molar-refractivity contribution is 9.10. The molecule has 116 valence electrons. The highest BCUT2D eigenvalue weighted by Crippen LogP contribution is 2.26. The summed E-state index contributed by atoms with van der Waals surface area (Å²) in [6.07, 6.45) is 1.60. The van der Waals surface area contributed by atoms with Crippen LogP contribution in [-0.2, 0) is 4.79 Å². The highest BCUT2D eigenvalue weighted by atomic mass is 79.9. The van der Waals surface area contributed by atoms with E-state index in [1.54, 1.807) is 30.8 Å². The average Bonchev–Trinajstić information content (AvgIpc) is 2.79. The van der Waals surface area contributed by atoms with Gasteiger partial charge >= 0.3 is 0 Å². The molecule has 0 bridgehead atoms. The molecule has 1 atom stereocenters. The van der Waals surface area contributed by atoms with Gasteiger partial charge in [0.05, 0.1) is 21.3 Å². The van der Waals surface area contributed by atoms with Crippen molar-refractivity contribution in [2.45, 2.75) is 26.8 Å². The van der Waals surface area contributed by atoms with E-state index in [0.29, 0.717) is 0 Å². The third-order valence-electron chi connectivity index (χ3n) is 3.34. The van der Waals surface area contributed by atoms with Crippen LogP contribution in [0.3, 0.4) is 0 Å². The lowest BCUT2D eigenvalue weighted by molar-refractivity contribution is -0.384. The zero-order valence-electron chi connectivity index (χ0n) is 12.3. The van der Waals surface area contributed by atoms with Crippen LogP contribution < -0.4 is 5.32 Å². The van der Waals surface area contributed by atoms with E-state index in [1.807, 2.05) is 6.92 Å². The summed E-state index contributed by atoms with van der Waals surface area (Å²) < 4.78 is 2.35. The number of nitro groups is 1. The lowest BCUT2D eigenvalue weighted by Crippen LogP contribution is -2.25. The van der Waals surface area contributed by atoms with E-state index in [4.69, 9.17) is 0 Å². The molecule has 1 N–H and O–H groups in total. The summed E-state index contributed by atoms with van der Waals surface area (Å²) in [6, 6.07) is 4.08. The molecule has 22 heavy (non-hydrogen) atoms. The summed E-state index contributed by atoms with van der Waals surface area (Å²) in [4.78, 5) is 22.9. The Labute approximate surface area is 135 Å². The molecule has 1 aromatic heterocycles. The molecule has 8 heteroatoms. The van der Waals surface area contributed by atoms with E-state index in [2.05, 4.69) is 26.3 Å². The van der Waals surface area contributed by atoms with E-state index in [-0.39, 0.29) is 17.3 Å². The minimum Gasteiger partial charge on any atom is -0.319 e. The van der Waals surface area contributed by atoms with Crippen molar-refractivity contribution in [3.05, 3.63) is 50.2 Å². The van der Waals surface area contributed by atoms with E-state index in [9.17, 15) is 14.9 Å². The molecule has 7 nitrogen and oxygen atoms in total. The van der Waals surface area contributed by atoms with Gasteiger partial charge in [-0.1, -0.05) is 6.07 Å². The molecule has 0 aliphatic carbocycles. The molecular weight excluding hydrogens is 352 g/mol. The zero-order chi connectivity index (χ0) is 16.4. The molecule has 1 unspecified atom stereocenters. The van der Waals surface area contributed by atoms with Gasteiger partial charge in [-0.15, -0.1) is 0 Å². The number of anilines is 1. The molecule has 0 aliphatic rings. The maximum absolute atomic E-state index is 12.3. The largest absolute Gasteiger partial charge is 0.319 e. The van der Waals surface area contributed by atoms with Crippen LogP contribution in [0.4, 0.5) is 11.4 Å². The van der Waals surface area contributed by atoms with Gasteiger partial charge < -0.3 is 5.32 Å². The van der Waals surface area contributed by atoms with Gasteiger partial charge in [-0.25, -0.2) is 0 Å². The standard InChI is InChI=1S/C14H15BrN4O3/c1-8-4-5-12(13(6-8)19(21)22)17-14(20)10(3)18-9(2)11(15)7-16-18/h4-7,10H,1-3H3,(H,17,20). The summed E-state index contributed by atoms with van der Waals surface area (Å²) in [6.45, 7) is 5.27. The maximum atomic E-state index is 12.3. The first-order chi connectivity index (χ1) is 10.3. The minimum atomic E-state index is -0.591. The number of halogens is 1. The second-order valence-corrected chi connectivity index (χ2v) is 5.82. The predicted octanol–water partition coefficient (Wildman–Crippen LogP) is 3.37. The second kappa shape index (κ2) is 6.27. The molecule has 1 heterocycles. The molecule has 2 rings (SSSR count). The van der Waals surface area contributed by atoms with Crippen molar-refractivity contribution in [3.63, 3.8) is 0 Å². The maximum Gasteiger partial charge on any atom is 0.293 e. The van der Waals surface area contributed by atoms with Gasteiger partial charge in [-0.3, -0.25) is 19.6 Å². The number of hydrogen-bond donors (Lipinski definition) is 1. The molecule has 1 aromatic carbocycles. The summed E-state index contributed by atoms with van der Waals surface area (Å²) in [5, 5.41) is 17.8. The number of aryl methyl sites for hydroxylation is 1. The molecular formula is C14H15BrN4O3. The molecule has 0 spiro atoms. The van der Waals surface area contributed by atoms with E-state index < -0.39 is 11.0 Å².